The number of benzene rings is 1. The average Bonchev–Trinajstić information content (AvgIpc) is 2.40. The van der Waals surface area contributed by atoms with Gasteiger partial charge in [-0.15, -0.1) is 0 Å². The van der Waals surface area contributed by atoms with Gasteiger partial charge in [-0.25, -0.2) is 5.43 Å². The van der Waals surface area contributed by atoms with Gasteiger partial charge in [-0.05, 0) is 12.0 Å². The predicted molar refractivity (Wildman–Crippen MR) is 68.0 cm³/mol. The third-order valence-electron chi connectivity index (χ3n) is 2.71. The largest absolute Gasteiger partial charge is 0.351 e. The van der Waals surface area contributed by atoms with Crippen molar-refractivity contribution in [2.75, 3.05) is 6.54 Å². The molecule has 0 spiro atoms. The fourth-order valence-corrected chi connectivity index (χ4v) is 1.70. The Hall–Kier alpha value is -2.17. The summed E-state index contributed by atoms with van der Waals surface area (Å²) in [7, 11) is 0. The molecular formula is C13H15N3O2. The highest BCUT2D eigenvalue weighted by Crippen LogP contribution is 2.00. The van der Waals surface area contributed by atoms with Gasteiger partial charge in [0.2, 0.25) is 5.91 Å². The van der Waals surface area contributed by atoms with Crippen LogP contribution in [0.3, 0.4) is 0 Å². The summed E-state index contributed by atoms with van der Waals surface area (Å²) in [6.45, 7) is 0.565. The Morgan fingerprint density at radius 1 is 1.28 bits per heavy atom. The van der Waals surface area contributed by atoms with Crippen molar-refractivity contribution in [2.24, 2.45) is 5.10 Å². The van der Waals surface area contributed by atoms with E-state index in [2.05, 4.69) is 15.8 Å². The molecule has 5 nitrogen and oxygen atoms in total. The SMILES string of the molecule is O=C1CCC(C(=O)NCCc2ccccc2)=NN1. The maximum absolute atomic E-state index is 11.7. The van der Waals surface area contributed by atoms with Crippen molar-refractivity contribution < 1.29 is 9.59 Å². The fraction of sp³-hybridized carbons (Fsp3) is 0.308. The number of rotatable bonds is 4. The molecule has 0 radical (unpaired) electrons. The molecule has 94 valence electrons. The Morgan fingerprint density at radius 3 is 2.72 bits per heavy atom. The molecule has 5 heteroatoms. The molecule has 2 N–H and O–H groups in total. The molecule has 0 aliphatic carbocycles. The van der Waals surface area contributed by atoms with E-state index in [1.807, 2.05) is 30.3 Å². The molecule has 2 amide bonds. The van der Waals surface area contributed by atoms with Crippen molar-refractivity contribution in [3.63, 3.8) is 0 Å². The van der Waals surface area contributed by atoms with E-state index in [-0.39, 0.29) is 11.8 Å². The lowest BCUT2D eigenvalue weighted by molar-refractivity contribution is -0.121. The maximum atomic E-state index is 11.7. The van der Waals surface area contributed by atoms with Crippen LogP contribution in [0.1, 0.15) is 18.4 Å². The summed E-state index contributed by atoms with van der Waals surface area (Å²) in [5.74, 6) is -0.346. The van der Waals surface area contributed by atoms with Crippen molar-refractivity contribution in [1.82, 2.24) is 10.7 Å². The number of hydrogen-bond acceptors (Lipinski definition) is 3. The van der Waals surface area contributed by atoms with Crippen LogP contribution in [0, 0.1) is 0 Å². The number of carbonyl (C=O) groups is 2. The number of carbonyl (C=O) groups excluding carboxylic acids is 2. The first-order valence-corrected chi connectivity index (χ1v) is 5.93. The molecule has 0 aromatic heterocycles. The van der Waals surface area contributed by atoms with E-state index in [9.17, 15) is 9.59 Å². The van der Waals surface area contributed by atoms with Gasteiger partial charge < -0.3 is 5.32 Å². The minimum atomic E-state index is -0.203. The third kappa shape index (κ3) is 3.41. The number of hydrazone groups is 1. The van der Waals surface area contributed by atoms with Crippen LogP contribution < -0.4 is 10.7 Å². The van der Waals surface area contributed by atoms with E-state index in [0.29, 0.717) is 25.1 Å². The Morgan fingerprint density at radius 2 is 2.06 bits per heavy atom. The molecule has 1 heterocycles. The van der Waals surface area contributed by atoms with Crippen LogP contribution in [0.15, 0.2) is 35.4 Å². The standard InChI is InChI=1S/C13H15N3O2/c17-12-7-6-11(15-16-12)13(18)14-9-8-10-4-2-1-3-5-10/h1-5H,6-9H2,(H,14,18)(H,16,17). The summed E-state index contributed by atoms with van der Waals surface area (Å²) in [4.78, 5) is 22.6. The maximum Gasteiger partial charge on any atom is 0.267 e. The number of amides is 2. The van der Waals surface area contributed by atoms with Crippen LogP contribution in [0.4, 0.5) is 0 Å². The van der Waals surface area contributed by atoms with Crippen molar-refractivity contribution in [3.05, 3.63) is 35.9 Å². The normalized spacial score (nSPS) is 14.7. The summed E-state index contributed by atoms with van der Waals surface area (Å²) in [6, 6.07) is 9.94. The highest BCUT2D eigenvalue weighted by Gasteiger charge is 2.17. The van der Waals surface area contributed by atoms with Gasteiger partial charge >= 0.3 is 0 Å². The molecule has 2 rings (SSSR count). The lowest BCUT2D eigenvalue weighted by Gasteiger charge is -2.11. The van der Waals surface area contributed by atoms with Gasteiger partial charge in [0.05, 0.1) is 0 Å². The van der Waals surface area contributed by atoms with Crippen LogP contribution in [0.25, 0.3) is 0 Å². The van der Waals surface area contributed by atoms with E-state index in [0.717, 1.165) is 6.42 Å². The van der Waals surface area contributed by atoms with Gasteiger partial charge in [-0.1, -0.05) is 30.3 Å². The van der Waals surface area contributed by atoms with E-state index in [1.54, 1.807) is 0 Å². The number of nitrogens with zero attached hydrogens (tertiary/aromatic N) is 1. The first-order chi connectivity index (χ1) is 8.75. The molecule has 1 aliphatic rings. The molecule has 1 aromatic carbocycles. The lowest BCUT2D eigenvalue weighted by Crippen LogP contribution is -2.37. The Labute approximate surface area is 105 Å². The van der Waals surface area contributed by atoms with E-state index in [4.69, 9.17) is 0 Å². The van der Waals surface area contributed by atoms with Crippen LogP contribution in [-0.4, -0.2) is 24.1 Å². The Balaban J connectivity index is 1.77. The van der Waals surface area contributed by atoms with Gasteiger partial charge in [-0.3, -0.25) is 9.59 Å². The second-order valence-corrected chi connectivity index (χ2v) is 4.08. The van der Waals surface area contributed by atoms with Crippen molar-refractivity contribution in [3.8, 4) is 0 Å². The Kier molecular flexibility index (Phi) is 4.06. The summed E-state index contributed by atoms with van der Waals surface area (Å²) in [5.41, 5.74) is 3.88. The van der Waals surface area contributed by atoms with Crippen molar-refractivity contribution in [1.29, 1.82) is 0 Å². The minimum absolute atomic E-state index is 0.143. The molecule has 18 heavy (non-hydrogen) atoms. The highest BCUT2D eigenvalue weighted by molar-refractivity contribution is 6.39. The first-order valence-electron chi connectivity index (χ1n) is 5.93. The molecule has 0 bridgehead atoms. The summed E-state index contributed by atoms with van der Waals surface area (Å²) >= 11 is 0. The second kappa shape index (κ2) is 5.95. The zero-order chi connectivity index (χ0) is 12.8. The van der Waals surface area contributed by atoms with Crippen LogP contribution in [-0.2, 0) is 16.0 Å². The van der Waals surface area contributed by atoms with E-state index < -0.39 is 0 Å². The molecule has 0 saturated carbocycles. The molecule has 0 saturated heterocycles. The zero-order valence-electron chi connectivity index (χ0n) is 9.98. The van der Waals surface area contributed by atoms with Crippen LogP contribution in [0.2, 0.25) is 0 Å². The molecular weight excluding hydrogens is 230 g/mol. The highest BCUT2D eigenvalue weighted by atomic mass is 16.2. The summed E-state index contributed by atoms with van der Waals surface area (Å²) in [6.07, 6.45) is 1.51. The predicted octanol–water partition coefficient (Wildman–Crippen LogP) is 0.611. The monoisotopic (exact) mass is 245 g/mol. The van der Waals surface area contributed by atoms with Gasteiger partial charge in [0, 0.05) is 19.4 Å². The summed E-state index contributed by atoms with van der Waals surface area (Å²) in [5, 5.41) is 6.54. The van der Waals surface area contributed by atoms with Crippen LogP contribution >= 0.6 is 0 Å². The quantitative estimate of drug-likeness (QED) is 0.816. The average molecular weight is 245 g/mol. The lowest BCUT2D eigenvalue weighted by atomic mass is 10.1. The smallest absolute Gasteiger partial charge is 0.267 e. The van der Waals surface area contributed by atoms with Gasteiger partial charge in [0.15, 0.2) is 0 Å². The topological polar surface area (TPSA) is 70.6 Å². The zero-order valence-corrected chi connectivity index (χ0v) is 9.98. The fourth-order valence-electron chi connectivity index (χ4n) is 1.70. The van der Waals surface area contributed by atoms with Gasteiger partial charge in [0.25, 0.3) is 5.91 Å². The molecule has 0 fully saturated rings. The van der Waals surface area contributed by atoms with Crippen molar-refractivity contribution in [2.45, 2.75) is 19.3 Å². The van der Waals surface area contributed by atoms with Gasteiger partial charge in [-0.2, -0.15) is 5.10 Å². The van der Waals surface area contributed by atoms with Crippen molar-refractivity contribution >= 4 is 17.5 Å². The minimum Gasteiger partial charge on any atom is -0.351 e. The van der Waals surface area contributed by atoms with Gasteiger partial charge in [0.1, 0.15) is 5.71 Å². The molecule has 0 unspecified atom stereocenters. The van der Waals surface area contributed by atoms with E-state index in [1.165, 1.54) is 5.56 Å². The first kappa shape index (κ1) is 12.3. The Bertz CT molecular complexity index is 468. The van der Waals surface area contributed by atoms with Crippen LogP contribution in [0.5, 0.6) is 0 Å². The number of hydrogen-bond donors (Lipinski definition) is 2. The molecule has 1 aromatic rings. The van der Waals surface area contributed by atoms with E-state index >= 15 is 0 Å². The number of nitrogens with one attached hydrogen (secondary N) is 2. The molecule has 0 atom stereocenters. The molecule has 1 aliphatic heterocycles. The second-order valence-electron chi connectivity index (χ2n) is 4.08. The third-order valence-corrected chi connectivity index (χ3v) is 2.71. The summed E-state index contributed by atoms with van der Waals surface area (Å²) < 4.78 is 0.